The minimum atomic E-state index is -0.944. The first kappa shape index (κ1) is 13.8. The van der Waals surface area contributed by atoms with E-state index in [-0.39, 0.29) is 6.04 Å². The second-order valence-corrected chi connectivity index (χ2v) is 4.02. The van der Waals surface area contributed by atoms with Crippen LogP contribution in [0.1, 0.15) is 25.0 Å². The molecule has 0 fully saturated rings. The van der Waals surface area contributed by atoms with Gasteiger partial charge in [0.25, 0.3) is 0 Å². The molecule has 1 rings (SSSR count). The Morgan fingerprint density at radius 1 is 1.41 bits per heavy atom. The second kappa shape index (κ2) is 6.47. The number of benzene rings is 1. The smallest absolute Gasteiger partial charge is 0.159 e. The van der Waals surface area contributed by atoms with Crippen LogP contribution in [0.2, 0.25) is 0 Å². The molecule has 17 heavy (non-hydrogen) atoms. The van der Waals surface area contributed by atoms with Crippen molar-refractivity contribution in [2.45, 2.75) is 25.5 Å². The van der Waals surface area contributed by atoms with Crippen LogP contribution in [-0.2, 0) is 0 Å². The van der Waals surface area contributed by atoms with E-state index in [1.165, 1.54) is 6.07 Å². The van der Waals surface area contributed by atoms with Crippen molar-refractivity contribution in [3.63, 3.8) is 0 Å². The maximum absolute atomic E-state index is 12.9. The third-order valence-electron chi connectivity index (χ3n) is 2.51. The van der Waals surface area contributed by atoms with Crippen LogP contribution in [0.15, 0.2) is 30.9 Å². The SMILES string of the molecule is C=CCC(C)NCC(O)c1ccc(F)c(F)c1. The Labute approximate surface area is 100.0 Å². The minimum absolute atomic E-state index is 0.187. The van der Waals surface area contributed by atoms with Gasteiger partial charge in [-0.05, 0) is 31.0 Å². The summed E-state index contributed by atoms with van der Waals surface area (Å²) in [5.41, 5.74) is 0.363. The maximum Gasteiger partial charge on any atom is 0.159 e. The largest absolute Gasteiger partial charge is 0.387 e. The fraction of sp³-hybridized carbons (Fsp3) is 0.385. The Morgan fingerprint density at radius 3 is 2.71 bits per heavy atom. The zero-order chi connectivity index (χ0) is 12.8. The normalized spacial score (nSPS) is 14.4. The molecule has 0 saturated carbocycles. The van der Waals surface area contributed by atoms with Crippen LogP contribution in [0.5, 0.6) is 0 Å². The van der Waals surface area contributed by atoms with E-state index in [0.29, 0.717) is 12.1 Å². The van der Waals surface area contributed by atoms with Gasteiger partial charge in [0.1, 0.15) is 0 Å². The van der Waals surface area contributed by atoms with Crippen molar-refractivity contribution >= 4 is 0 Å². The van der Waals surface area contributed by atoms with Crippen molar-refractivity contribution in [1.29, 1.82) is 0 Å². The monoisotopic (exact) mass is 241 g/mol. The average molecular weight is 241 g/mol. The predicted octanol–water partition coefficient (Wildman–Crippen LogP) is 2.55. The molecule has 1 aromatic carbocycles. The molecule has 1 aromatic rings. The topological polar surface area (TPSA) is 32.3 Å². The van der Waals surface area contributed by atoms with Gasteiger partial charge < -0.3 is 10.4 Å². The van der Waals surface area contributed by atoms with E-state index in [1.54, 1.807) is 6.08 Å². The van der Waals surface area contributed by atoms with Crippen LogP contribution < -0.4 is 5.32 Å². The summed E-state index contributed by atoms with van der Waals surface area (Å²) in [4.78, 5) is 0. The molecule has 0 saturated heterocycles. The third kappa shape index (κ3) is 4.24. The lowest BCUT2D eigenvalue weighted by Gasteiger charge is -2.16. The molecule has 4 heteroatoms. The van der Waals surface area contributed by atoms with Gasteiger partial charge in [0.2, 0.25) is 0 Å². The summed E-state index contributed by atoms with van der Waals surface area (Å²) in [5, 5.41) is 12.9. The summed E-state index contributed by atoms with van der Waals surface area (Å²) in [7, 11) is 0. The molecular weight excluding hydrogens is 224 g/mol. The molecule has 0 heterocycles. The van der Waals surface area contributed by atoms with Gasteiger partial charge in [-0.15, -0.1) is 6.58 Å². The Morgan fingerprint density at radius 2 is 2.12 bits per heavy atom. The van der Waals surface area contributed by atoms with Crippen LogP contribution in [0, 0.1) is 11.6 Å². The molecule has 0 aliphatic carbocycles. The van der Waals surface area contributed by atoms with E-state index in [1.807, 2.05) is 6.92 Å². The maximum atomic E-state index is 12.9. The highest BCUT2D eigenvalue weighted by atomic mass is 19.2. The first-order chi connectivity index (χ1) is 8.04. The molecule has 94 valence electrons. The lowest BCUT2D eigenvalue weighted by Crippen LogP contribution is -2.30. The van der Waals surface area contributed by atoms with Gasteiger partial charge >= 0.3 is 0 Å². The van der Waals surface area contributed by atoms with Crippen LogP contribution in [-0.4, -0.2) is 17.7 Å². The number of hydrogen-bond acceptors (Lipinski definition) is 2. The minimum Gasteiger partial charge on any atom is -0.387 e. The van der Waals surface area contributed by atoms with E-state index >= 15 is 0 Å². The van der Waals surface area contributed by atoms with Gasteiger partial charge in [0.15, 0.2) is 11.6 Å². The van der Waals surface area contributed by atoms with E-state index < -0.39 is 17.7 Å². The lowest BCUT2D eigenvalue weighted by atomic mass is 10.1. The van der Waals surface area contributed by atoms with Crippen LogP contribution in [0.3, 0.4) is 0 Å². The summed E-state index contributed by atoms with van der Waals surface area (Å²) in [6.07, 6.45) is 1.71. The van der Waals surface area contributed by atoms with Crippen molar-refractivity contribution in [3.8, 4) is 0 Å². The zero-order valence-electron chi connectivity index (χ0n) is 9.79. The molecule has 0 bridgehead atoms. The number of aliphatic hydroxyl groups excluding tert-OH is 1. The van der Waals surface area contributed by atoms with E-state index in [9.17, 15) is 13.9 Å². The third-order valence-corrected chi connectivity index (χ3v) is 2.51. The highest BCUT2D eigenvalue weighted by Gasteiger charge is 2.11. The second-order valence-electron chi connectivity index (χ2n) is 4.02. The van der Waals surface area contributed by atoms with E-state index in [0.717, 1.165) is 18.6 Å². The standard InChI is InChI=1S/C13H17F2NO/c1-3-4-9(2)16-8-13(17)10-5-6-11(14)12(15)7-10/h3,5-7,9,13,16-17H,1,4,8H2,2H3. The van der Waals surface area contributed by atoms with Gasteiger partial charge in [-0.3, -0.25) is 0 Å². The zero-order valence-corrected chi connectivity index (χ0v) is 9.79. The van der Waals surface area contributed by atoms with Gasteiger partial charge in [-0.1, -0.05) is 12.1 Å². The van der Waals surface area contributed by atoms with Gasteiger partial charge in [0.05, 0.1) is 6.10 Å². The Bertz CT molecular complexity index is 382. The van der Waals surface area contributed by atoms with Crippen molar-refractivity contribution in [2.75, 3.05) is 6.54 Å². The fourth-order valence-corrected chi connectivity index (χ4v) is 1.48. The summed E-state index contributed by atoms with van der Waals surface area (Å²) < 4.78 is 25.6. The highest BCUT2D eigenvalue weighted by molar-refractivity contribution is 5.20. The average Bonchev–Trinajstić information content (AvgIpc) is 2.30. The van der Waals surface area contributed by atoms with Crippen LogP contribution in [0.4, 0.5) is 8.78 Å². The van der Waals surface area contributed by atoms with E-state index in [2.05, 4.69) is 11.9 Å². The first-order valence-corrected chi connectivity index (χ1v) is 5.52. The fourth-order valence-electron chi connectivity index (χ4n) is 1.48. The molecule has 2 atom stereocenters. The predicted molar refractivity (Wildman–Crippen MR) is 63.6 cm³/mol. The van der Waals surface area contributed by atoms with Crippen molar-refractivity contribution in [1.82, 2.24) is 5.32 Å². The quantitative estimate of drug-likeness (QED) is 0.750. The number of nitrogens with one attached hydrogen (secondary N) is 1. The summed E-state index contributed by atoms with van der Waals surface area (Å²) in [6.45, 7) is 5.86. The number of aliphatic hydroxyl groups is 1. The Hall–Kier alpha value is -1.26. The van der Waals surface area contributed by atoms with Gasteiger partial charge in [-0.25, -0.2) is 8.78 Å². The van der Waals surface area contributed by atoms with Crippen molar-refractivity contribution < 1.29 is 13.9 Å². The van der Waals surface area contributed by atoms with Gasteiger partial charge in [0, 0.05) is 12.6 Å². The molecule has 2 nitrogen and oxygen atoms in total. The molecule has 2 N–H and O–H groups in total. The molecule has 0 amide bonds. The van der Waals surface area contributed by atoms with E-state index in [4.69, 9.17) is 0 Å². The molecule has 0 radical (unpaired) electrons. The number of halogens is 2. The molecule has 0 aliphatic heterocycles. The lowest BCUT2D eigenvalue weighted by molar-refractivity contribution is 0.170. The molecule has 0 spiro atoms. The van der Waals surface area contributed by atoms with Gasteiger partial charge in [-0.2, -0.15) is 0 Å². The Kier molecular flexibility index (Phi) is 5.25. The van der Waals surface area contributed by atoms with Crippen LogP contribution >= 0.6 is 0 Å². The molecule has 2 unspecified atom stereocenters. The van der Waals surface area contributed by atoms with Crippen molar-refractivity contribution in [2.24, 2.45) is 0 Å². The summed E-state index contributed by atoms with van der Waals surface area (Å²) in [5.74, 6) is -1.85. The molecular formula is C13H17F2NO. The number of hydrogen-bond donors (Lipinski definition) is 2. The first-order valence-electron chi connectivity index (χ1n) is 5.52. The highest BCUT2D eigenvalue weighted by Crippen LogP contribution is 2.15. The Balaban J connectivity index is 2.54. The summed E-state index contributed by atoms with van der Waals surface area (Å²) >= 11 is 0. The van der Waals surface area contributed by atoms with Crippen LogP contribution in [0.25, 0.3) is 0 Å². The molecule has 0 aliphatic rings. The number of rotatable bonds is 6. The van der Waals surface area contributed by atoms with Crippen molar-refractivity contribution in [3.05, 3.63) is 48.1 Å². The summed E-state index contributed by atoms with van der Waals surface area (Å²) in [6, 6.07) is 3.59. The molecule has 0 aromatic heterocycles.